The van der Waals surface area contributed by atoms with Crippen LogP contribution in [0.25, 0.3) is 0 Å². The van der Waals surface area contributed by atoms with Crippen LogP contribution in [0, 0.1) is 0 Å². The van der Waals surface area contributed by atoms with Crippen LogP contribution in [0.15, 0.2) is 53.4 Å². The Bertz CT molecular complexity index is 940. The second-order valence-electron chi connectivity index (χ2n) is 5.96. The van der Waals surface area contributed by atoms with Crippen LogP contribution in [0.3, 0.4) is 0 Å². The smallest absolute Gasteiger partial charge is 0.261 e. The summed E-state index contributed by atoms with van der Waals surface area (Å²) in [5, 5.41) is 2.61. The molecule has 0 bridgehead atoms. The third kappa shape index (κ3) is 4.63. The lowest BCUT2D eigenvalue weighted by Crippen LogP contribution is -2.41. The Labute approximate surface area is 157 Å². The summed E-state index contributed by atoms with van der Waals surface area (Å²) in [6, 6.07) is 12.4. The van der Waals surface area contributed by atoms with Crippen molar-refractivity contribution in [2.75, 3.05) is 34.7 Å². The van der Waals surface area contributed by atoms with Crippen molar-refractivity contribution in [3.63, 3.8) is 0 Å². The number of ether oxygens (including phenoxy) is 1. The van der Waals surface area contributed by atoms with Crippen LogP contribution in [-0.2, 0) is 24.3 Å². The van der Waals surface area contributed by atoms with Crippen LogP contribution >= 0.6 is 0 Å². The topological polar surface area (TPSA) is 105 Å². The summed E-state index contributed by atoms with van der Waals surface area (Å²) < 4.78 is 32.6. The van der Waals surface area contributed by atoms with E-state index in [4.69, 9.17) is 4.74 Å². The zero-order valence-electron chi connectivity index (χ0n) is 14.6. The maximum absolute atomic E-state index is 12.5. The van der Waals surface area contributed by atoms with Crippen LogP contribution in [0.1, 0.15) is 6.92 Å². The molecule has 8 nitrogen and oxygen atoms in total. The number of hydrogen-bond donors (Lipinski definition) is 2. The summed E-state index contributed by atoms with van der Waals surface area (Å²) in [6.45, 7) is 2.30. The van der Waals surface area contributed by atoms with Gasteiger partial charge in [-0.15, -0.1) is 0 Å². The molecule has 1 aliphatic rings. The predicted molar refractivity (Wildman–Crippen MR) is 101 cm³/mol. The molecule has 142 valence electrons. The molecule has 0 radical (unpaired) electrons. The van der Waals surface area contributed by atoms with E-state index in [1.165, 1.54) is 19.1 Å². The molecule has 2 amide bonds. The summed E-state index contributed by atoms with van der Waals surface area (Å²) in [6.07, 6.45) is 0. The molecule has 0 spiro atoms. The third-order valence-electron chi connectivity index (χ3n) is 3.90. The first kappa shape index (κ1) is 18.9. The second-order valence-corrected chi connectivity index (χ2v) is 7.64. The highest BCUT2D eigenvalue weighted by atomic mass is 32.2. The van der Waals surface area contributed by atoms with Crippen molar-refractivity contribution < 1.29 is 22.7 Å². The number of benzene rings is 2. The van der Waals surface area contributed by atoms with E-state index in [9.17, 15) is 18.0 Å². The van der Waals surface area contributed by atoms with Gasteiger partial charge in [0.15, 0.2) is 0 Å². The SMILES string of the molecule is CC(=O)Nc1ccc(NS(=O)(=O)c2ccc(N3CCOCC3=O)cc2)cc1. The van der Waals surface area contributed by atoms with E-state index in [1.807, 2.05) is 0 Å². The Morgan fingerprint density at radius 1 is 1.04 bits per heavy atom. The molecule has 1 saturated heterocycles. The first-order valence-electron chi connectivity index (χ1n) is 8.24. The van der Waals surface area contributed by atoms with Crippen molar-refractivity contribution in [2.45, 2.75) is 11.8 Å². The highest BCUT2D eigenvalue weighted by molar-refractivity contribution is 7.92. The minimum absolute atomic E-state index is 0.0239. The summed E-state index contributed by atoms with van der Waals surface area (Å²) in [4.78, 5) is 24.5. The molecule has 1 heterocycles. The van der Waals surface area contributed by atoms with Gasteiger partial charge in [-0.1, -0.05) is 0 Å². The van der Waals surface area contributed by atoms with Gasteiger partial charge in [0.05, 0.1) is 11.5 Å². The van der Waals surface area contributed by atoms with Gasteiger partial charge in [-0.3, -0.25) is 14.3 Å². The molecule has 1 aliphatic heterocycles. The molecule has 2 aromatic carbocycles. The molecular formula is C18H19N3O5S. The Morgan fingerprint density at radius 3 is 2.26 bits per heavy atom. The van der Waals surface area contributed by atoms with Crippen molar-refractivity contribution in [3.8, 4) is 0 Å². The molecule has 27 heavy (non-hydrogen) atoms. The Morgan fingerprint density at radius 2 is 1.67 bits per heavy atom. The van der Waals surface area contributed by atoms with Crippen molar-refractivity contribution in [1.29, 1.82) is 0 Å². The molecule has 0 aliphatic carbocycles. The van der Waals surface area contributed by atoms with Crippen LogP contribution in [0.5, 0.6) is 0 Å². The van der Waals surface area contributed by atoms with E-state index in [1.54, 1.807) is 41.3 Å². The number of carbonyl (C=O) groups is 2. The zero-order chi connectivity index (χ0) is 19.4. The highest BCUT2D eigenvalue weighted by Gasteiger charge is 2.21. The van der Waals surface area contributed by atoms with Gasteiger partial charge in [0.25, 0.3) is 15.9 Å². The molecule has 0 unspecified atom stereocenters. The van der Waals surface area contributed by atoms with Crippen molar-refractivity contribution >= 4 is 38.9 Å². The Kier molecular flexibility index (Phi) is 5.43. The number of nitrogens with one attached hydrogen (secondary N) is 2. The lowest BCUT2D eigenvalue weighted by molar-refractivity contribution is -0.125. The molecule has 2 aromatic rings. The van der Waals surface area contributed by atoms with Gasteiger partial charge in [-0.05, 0) is 48.5 Å². The standard InChI is InChI=1S/C18H19N3O5S/c1-13(22)19-14-2-4-15(5-3-14)20-27(24,25)17-8-6-16(7-9-17)21-10-11-26-12-18(21)23/h2-9,20H,10-12H2,1H3,(H,19,22). The van der Waals surface area contributed by atoms with Crippen LogP contribution in [0.2, 0.25) is 0 Å². The number of nitrogens with zero attached hydrogens (tertiary/aromatic N) is 1. The fourth-order valence-electron chi connectivity index (χ4n) is 2.64. The first-order valence-corrected chi connectivity index (χ1v) is 9.72. The van der Waals surface area contributed by atoms with Gasteiger partial charge in [-0.25, -0.2) is 8.42 Å². The Balaban J connectivity index is 1.73. The third-order valence-corrected chi connectivity index (χ3v) is 5.30. The highest BCUT2D eigenvalue weighted by Crippen LogP contribution is 2.22. The number of morpholine rings is 1. The molecule has 9 heteroatoms. The monoisotopic (exact) mass is 389 g/mol. The summed E-state index contributed by atoms with van der Waals surface area (Å²) in [5.74, 6) is -0.364. The first-order chi connectivity index (χ1) is 12.8. The van der Waals surface area contributed by atoms with E-state index >= 15 is 0 Å². The van der Waals surface area contributed by atoms with E-state index < -0.39 is 10.0 Å². The average molecular weight is 389 g/mol. The quantitative estimate of drug-likeness (QED) is 0.811. The summed E-state index contributed by atoms with van der Waals surface area (Å²) in [5.41, 5.74) is 1.57. The fourth-order valence-corrected chi connectivity index (χ4v) is 3.69. The molecule has 3 rings (SSSR count). The molecule has 2 N–H and O–H groups in total. The summed E-state index contributed by atoms with van der Waals surface area (Å²) in [7, 11) is -3.78. The number of anilines is 3. The average Bonchev–Trinajstić information content (AvgIpc) is 2.63. The van der Waals surface area contributed by atoms with Crippen LogP contribution in [-0.4, -0.2) is 40.0 Å². The normalized spacial score (nSPS) is 14.7. The van der Waals surface area contributed by atoms with Crippen LogP contribution < -0.4 is 14.9 Å². The lowest BCUT2D eigenvalue weighted by Gasteiger charge is -2.26. The van der Waals surface area contributed by atoms with Gasteiger partial charge in [0.2, 0.25) is 5.91 Å². The van der Waals surface area contributed by atoms with Crippen molar-refractivity contribution in [1.82, 2.24) is 0 Å². The molecule has 0 atom stereocenters. The largest absolute Gasteiger partial charge is 0.370 e. The van der Waals surface area contributed by atoms with Crippen molar-refractivity contribution in [2.24, 2.45) is 0 Å². The van der Waals surface area contributed by atoms with Gasteiger partial charge >= 0.3 is 0 Å². The predicted octanol–water partition coefficient (Wildman–Crippen LogP) is 1.81. The minimum atomic E-state index is -3.78. The second kappa shape index (κ2) is 7.77. The van der Waals surface area contributed by atoms with Gasteiger partial charge in [-0.2, -0.15) is 0 Å². The number of carbonyl (C=O) groups excluding carboxylic acids is 2. The maximum Gasteiger partial charge on any atom is 0.261 e. The molecule has 0 saturated carbocycles. The van der Waals surface area contributed by atoms with E-state index in [2.05, 4.69) is 10.0 Å². The maximum atomic E-state index is 12.5. The number of sulfonamides is 1. The lowest BCUT2D eigenvalue weighted by atomic mass is 10.2. The number of rotatable bonds is 5. The van der Waals surface area contributed by atoms with Gasteiger partial charge in [0.1, 0.15) is 6.61 Å². The van der Waals surface area contributed by atoms with E-state index in [-0.39, 0.29) is 23.3 Å². The van der Waals surface area contributed by atoms with Crippen molar-refractivity contribution in [3.05, 3.63) is 48.5 Å². The molecule has 1 fully saturated rings. The Hall–Kier alpha value is -2.91. The molecular weight excluding hydrogens is 370 g/mol. The van der Waals surface area contributed by atoms with E-state index in [0.29, 0.717) is 30.2 Å². The van der Waals surface area contributed by atoms with E-state index in [0.717, 1.165) is 0 Å². The zero-order valence-corrected chi connectivity index (χ0v) is 15.5. The molecule has 0 aromatic heterocycles. The number of amides is 2. The summed E-state index contributed by atoms with van der Waals surface area (Å²) >= 11 is 0. The number of hydrogen-bond acceptors (Lipinski definition) is 5. The van der Waals surface area contributed by atoms with Gasteiger partial charge < -0.3 is 15.0 Å². The fraction of sp³-hybridized carbons (Fsp3) is 0.222. The van der Waals surface area contributed by atoms with Gasteiger partial charge in [0, 0.05) is 30.5 Å². The minimum Gasteiger partial charge on any atom is -0.370 e. The van der Waals surface area contributed by atoms with Crippen LogP contribution in [0.4, 0.5) is 17.1 Å².